The maximum atomic E-state index is 9.69. The first-order valence-corrected chi connectivity index (χ1v) is 7.32. The summed E-state index contributed by atoms with van der Waals surface area (Å²) in [6.07, 6.45) is 4.01. The Morgan fingerprint density at radius 1 is 1.38 bits per heavy atom. The second kappa shape index (κ2) is 5.28. The van der Waals surface area contributed by atoms with Crippen molar-refractivity contribution >= 4 is 29.3 Å². The minimum atomic E-state index is -0.0826. The number of halogens is 2. The van der Waals surface area contributed by atoms with Gasteiger partial charge in [0.05, 0.1) is 21.3 Å². The van der Waals surface area contributed by atoms with Crippen LogP contribution in [0.1, 0.15) is 30.0 Å². The Labute approximate surface area is 132 Å². The van der Waals surface area contributed by atoms with E-state index in [1.165, 1.54) is 12.1 Å². The van der Waals surface area contributed by atoms with Crippen molar-refractivity contribution in [3.05, 3.63) is 40.0 Å². The summed E-state index contributed by atoms with van der Waals surface area (Å²) in [7, 11) is 1.80. The maximum absolute atomic E-state index is 9.69. The van der Waals surface area contributed by atoms with Gasteiger partial charge < -0.3 is 9.84 Å². The van der Waals surface area contributed by atoms with Gasteiger partial charge >= 0.3 is 0 Å². The highest BCUT2D eigenvalue weighted by Crippen LogP contribution is 2.45. The number of hydrogen-bond donors (Lipinski definition) is 1. The average molecular weight is 325 g/mol. The molecule has 1 aromatic carbocycles. The molecule has 0 bridgehead atoms. The van der Waals surface area contributed by atoms with E-state index >= 15 is 0 Å². The summed E-state index contributed by atoms with van der Waals surface area (Å²) in [6, 6.07) is 2.83. The SMILES string of the molecule is C=Cc1c(C2CC2)nn(C)c1Oc1cc(O)c(Cl)cc1Cl. The number of phenols is 1. The van der Waals surface area contributed by atoms with Crippen LogP contribution in [0, 0.1) is 0 Å². The van der Waals surface area contributed by atoms with Crippen molar-refractivity contribution in [1.29, 1.82) is 0 Å². The molecule has 1 heterocycles. The molecule has 1 saturated carbocycles. The Balaban J connectivity index is 2.02. The molecule has 0 atom stereocenters. The molecule has 1 N–H and O–H groups in total. The Kier molecular flexibility index (Phi) is 3.59. The Hall–Kier alpha value is -1.65. The number of ether oxygens (including phenoxy) is 1. The molecular formula is C15H14Cl2N2O2. The highest BCUT2D eigenvalue weighted by molar-refractivity contribution is 6.36. The molecule has 0 saturated heterocycles. The lowest BCUT2D eigenvalue weighted by Gasteiger charge is -2.10. The molecule has 0 amide bonds. The highest BCUT2D eigenvalue weighted by atomic mass is 35.5. The van der Waals surface area contributed by atoms with Crippen molar-refractivity contribution in [1.82, 2.24) is 9.78 Å². The van der Waals surface area contributed by atoms with E-state index in [1.54, 1.807) is 17.8 Å². The summed E-state index contributed by atoms with van der Waals surface area (Å²) in [5, 5.41) is 14.7. The van der Waals surface area contributed by atoms with Gasteiger partial charge in [-0.1, -0.05) is 35.9 Å². The van der Waals surface area contributed by atoms with Gasteiger partial charge in [-0.2, -0.15) is 5.10 Å². The second-order valence-electron chi connectivity index (χ2n) is 5.04. The van der Waals surface area contributed by atoms with Gasteiger partial charge in [0.2, 0.25) is 5.88 Å². The molecule has 0 radical (unpaired) electrons. The first-order valence-electron chi connectivity index (χ1n) is 6.56. The Bertz CT molecular complexity index is 721. The fourth-order valence-corrected chi connectivity index (χ4v) is 2.64. The van der Waals surface area contributed by atoms with Gasteiger partial charge in [0, 0.05) is 19.0 Å². The topological polar surface area (TPSA) is 47.3 Å². The van der Waals surface area contributed by atoms with E-state index in [9.17, 15) is 5.11 Å². The third-order valence-electron chi connectivity index (χ3n) is 3.43. The van der Waals surface area contributed by atoms with Crippen LogP contribution in [-0.2, 0) is 7.05 Å². The molecule has 110 valence electrons. The summed E-state index contributed by atoms with van der Waals surface area (Å²) in [6.45, 7) is 3.83. The van der Waals surface area contributed by atoms with Crippen LogP contribution in [0.4, 0.5) is 0 Å². The summed E-state index contributed by atoms with van der Waals surface area (Å²) in [4.78, 5) is 0. The van der Waals surface area contributed by atoms with Crippen LogP contribution < -0.4 is 4.74 Å². The fourth-order valence-electron chi connectivity index (χ4n) is 2.22. The van der Waals surface area contributed by atoms with E-state index in [0.717, 1.165) is 24.1 Å². The molecule has 3 rings (SSSR count). The van der Waals surface area contributed by atoms with E-state index in [-0.39, 0.29) is 10.8 Å². The number of benzene rings is 1. The van der Waals surface area contributed by atoms with Crippen LogP contribution in [0.25, 0.3) is 6.08 Å². The van der Waals surface area contributed by atoms with Crippen LogP contribution in [-0.4, -0.2) is 14.9 Å². The van der Waals surface area contributed by atoms with Gasteiger partial charge in [-0.3, -0.25) is 0 Å². The molecule has 0 spiro atoms. The monoisotopic (exact) mass is 324 g/mol. The zero-order valence-electron chi connectivity index (χ0n) is 11.4. The number of aryl methyl sites for hydroxylation is 1. The predicted octanol–water partition coefficient (Wildman–Crippen LogP) is 4.75. The van der Waals surface area contributed by atoms with Crippen molar-refractivity contribution in [2.45, 2.75) is 18.8 Å². The lowest BCUT2D eigenvalue weighted by Crippen LogP contribution is -1.96. The van der Waals surface area contributed by atoms with Gasteiger partial charge in [0.1, 0.15) is 5.75 Å². The molecule has 6 heteroatoms. The van der Waals surface area contributed by atoms with Crippen molar-refractivity contribution < 1.29 is 9.84 Å². The molecule has 21 heavy (non-hydrogen) atoms. The third-order valence-corrected chi connectivity index (χ3v) is 4.03. The van der Waals surface area contributed by atoms with Gasteiger partial charge in [-0.15, -0.1) is 0 Å². The van der Waals surface area contributed by atoms with E-state index in [0.29, 0.717) is 22.6 Å². The van der Waals surface area contributed by atoms with Gasteiger partial charge in [0.25, 0.3) is 0 Å². The van der Waals surface area contributed by atoms with E-state index < -0.39 is 0 Å². The van der Waals surface area contributed by atoms with E-state index in [4.69, 9.17) is 27.9 Å². The number of aromatic hydroxyl groups is 1. The summed E-state index contributed by atoms with van der Waals surface area (Å²) < 4.78 is 7.49. The lowest BCUT2D eigenvalue weighted by atomic mass is 10.2. The van der Waals surface area contributed by atoms with Crippen molar-refractivity contribution in [3.63, 3.8) is 0 Å². The number of hydrogen-bond acceptors (Lipinski definition) is 3. The highest BCUT2D eigenvalue weighted by Gasteiger charge is 2.31. The maximum Gasteiger partial charge on any atom is 0.225 e. The first kappa shape index (κ1) is 14.3. The number of nitrogens with zero attached hydrogens (tertiary/aromatic N) is 2. The average Bonchev–Trinajstić information content (AvgIpc) is 3.22. The van der Waals surface area contributed by atoms with Gasteiger partial charge in [-0.05, 0) is 18.9 Å². The molecule has 0 unspecified atom stereocenters. The first-order chi connectivity index (χ1) is 10.0. The molecule has 1 aliphatic rings. The number of rotatable bonds is 4. The molecule has 1 fully saturated rings. The van der Waals surface area contributed by atoms with Gasteiger partial charge in [-0.25, -0.2) is 4.68 Å². The normalized spacial score (nSPS) is 14.2. The van der Waals surface area contributed by atoms with Crippen LogP contribution in [0.3, 0.4) is 0 Å². The van der Waals surface area contributed by atoms with Gasteiger partial charge in [0.15, 0.2) is 5.75 Å². The zero-order valence-corrected chi connectivity index (χ0v) is 12.9. The standard InChI is InChI=1S/C15H14Cl2N2O2/c1-3-9-14(8-4-5-8)18-19(2)15(9)21-13-7-12(20)10(16)6-11(13)17/h3,6-8,20H,1,4-5H2,2H3. The minimum absolute atomic E-state index is 0.0826. The predicted molar refractivity (Wildman–Crippen MR) is 83.5 cm³/mol. The van der Waals surface area contributed by atoms with E-state index in [1.807, 2.05) is 0 Å². The molecule has 4 nitrogen and oxygen atoms in total. The summed E-state index contributed by atoms with van der Waals surface area (Å²) in [5.74, 6) is 1.28. The quantitative estimate of drug-likeness (QED) is 0.883. The van der Waals surface area contributed by atoms with Crippen LogP contribution in [0.5, 0.6) is 17.4 Å². The summed E-state index contributed by atoms with van der Waals surface area (Å²) >= 11 is 11.9. The molecular weight excluding hydrogens is 311 g/mol. The van der Waals surface area contributed by atoms with E-state index in [2.05, 4.69) is 11.7 Å². The minimum Gasteiger partial charge on any atom is -0.506 e. The molecule has 2 aromatic rings. The third kappa shape index (κ3) is 2.61. The number of aromatic nitrogens is 2. The van der Waals surface area contributed by atoms with Crippen LogP contribution >= 0.6 is 23.2 Å². The molecule has 0 aliphatic heterocycles. The molecule has 1 aromatic heterocycles. The zero-order chi connectivity index (χ0) is 15.1. The van der Waals surface area contributed by atoms with Crippen LogP contribution in [0.15, 0.2) is 18.7 Å². The fraction of sp³-hybridized carbons (Fsp3) is 0.267. The van der Waals surface area contributed by atoms with Crippen molar-refractivity contribution in [2.75, 3.05) is 0 Å². The number of phenolic OH excluding ortho intramolecular Hbond substituents is 1. The Morgan fingerprint density at radius 3 is 2.71 bits per heavy atom. The smallest absolute Gasteiger partial charge is 0.225 e. The lowest BCUT2D eigenvalue weighted by molar-refractivity contribution is 0.422. The summed E-state index contributed by atoms with van der Waals surface area (Å²) in [5.41, 5.74) is 1.86. The molecule has 1 aliphatic carbocycles. The second-order valence-corrected chi connectivity index (χ2v) is 5.86. The largest absolute Gasteiger partial charge is 0.506 e. The Morgan fingerprint density at radius 2 is 2.10 bits per heavy atom. The van der Waals surface area contributed by atoms with Crippen LogP contribution in [0.2, 0.25) is 10.0 Å². The van der Waals surface area contributed by atoms with Crippen molar-refractivity contribution in [2.24, 2.45) is 7.05 Å². The van der Waals surface area contributed by atoms with Crippen molar-refractivity contribution in [3.8, 4) is 17.4 Å².